The number of ether oxygens (including phenoxy) is 1. The lowest BCUT2D eigenvalue weighted by atomic mass is 9.79. The number of aliphatic hydroxyl groups excluding tert-OH is 1. The van der Waals surface area contributed by atoms with E-state index in [4.69, 9.17) is 9.72 Å². The highest BCUT2D eigenvalue weighted by atomic mass is 32.2. The molecule has 5 heterocycles. The van der Waals surface area contributed by atoms with Crippen LogP contribution in [0.1, 0.15) is 19.5 Å². The molecule has 2 saturated heterocycles. The third-order valence-corrected chi connectivity index (χ3v) is 9.56. The maximum atomic E-state index is 12.5. The third kappa shape index (κ3) is 4.22. The topological polar surface area (TPSA) is 115 Å². The number of aromatic nitrogens is 1. The van der Waals surface area contributed by atoms with Crippen LogP contribution >= 0.6 is 34.4 Å². The van der Waals surface area contributed by atoms with Crippen LogP contribution in [0.2, 0.25) is 0 Å². The summed E-state index contributed by atoms with van der Waals surface area (Å²) in [5.41, 5.74) is 1.05. The number of hydrogen-bond donors (Lipinski definition) is 3. The number of rotatable bonds is 10. The van der Waals surface area contributed by atoms with Crippen LogP contribution < -0.4 is 15.0 Å². The predicted octanol–water partition coefficient (Wildman–Crippen LogP) is 2.41. The van der Waals surface area contributed by atoms with E-state index in [1.807, 2.05) is 29.8 Å². The number of nitrogens with one attached hydrogen (secondary N) is 1. The summed E-state index contributed by atoms with van der Waals surface area (Å²) in [6, 6.07) is 3.61. The van der Waals surface area contributed by atoms with E-state index < -0.39 is 18.0 Å². The molecule has 34 heavy (non-hydrogen) atoms. The van der Waals surface area contributed by atoms with Crippen LogP contribution in [-0.2, 0) is 16.1 Å². The molecule has 9 nitrogen and oxygen atoms in total. The van der Waals surface area contributed by atoms with Gasteiger partial charge in [-0.3, -0.25) is 10.1 Å². The number of amides is 1. The molecule has 0 aromatic carbocycles. The van der Waals surface area contributed by atoms with Gasteiger partial charge in [0.05, 0.1) is 23.8 Å². The Morgan fingerprint density at radius 2 is 2.21 bits per heavy atom. The molecular weight excluding hydrogens is 496 g/mol. The van der Waals surface area contributed by atoms with Crippen molar-refractivity contribution >= 4 is 51.4 Å². The number of carboxylic acid groups (broad SMARTS) is 1. The van der Waals surface area contributed by atoms with Gasteiger partial charge in [0.15, 0.2) is 10.2 Å². The number of hydrogen-bond acceptors (Lipinski definition) is 10. The Hall–Kier alpha value is -2.12. The molecule has 0 saturated carbocycles. The fraction of sp³-hybridized carbons (Fsp3) is 0.500. The molecule has 0 bridgehead atoms. The van der Waals surface area contributed by atoms with Crippen LogP contribution in [0.25, 0.3) is 0 Å². The van der Waals surface area contributed by atoms with E-state index >= 15 is 0 Å². The molecule has 2 fully saturated rings. The SMILES string of the molecule is C[C@@H](O)[C@H]1C(=O)N2C(C(=O)O)=C(SC3CN(c4nc(CNCOc5cccs5)cs4)C3)[C@H](C)[C@H]12. The number of aliphatic hydroxyl groups is 1. The quantitative estimate of drug-likeness (QED) is 0.246. The standard InChI is InChI=1S/C22H26N4O5S3/c1-11-17-16(12(2)27)20(28)26(17)18(21(29)30)19(11)34-14-7-25(8-14)22-24-13(9-33-22)6-23-10-31-15-4-3-5-32-15/h3-5,9,11-12,14,16-17,23,27H,6-8,10H2,1-2H3,(H,29,30)/t11-,12-,16-,17-/m1/s1. The van der Waals surface area contributed by atoms with E-state index in [2.05, 4.69) is 10.2 Å². The highest BCUT2D eigenvalue weighted by Crippen LogP contribution is 2.52. The van der Waals surface area contributed by atoms with Gasteiger partial charge in [0, 0.05) is 41.1 Å². The maximum absolute atomic E-state index is 12.5. The van der Waals surface area contributed by atoms with Gasteiger partial charge in [0.25, 0.3) is 0 Å². The smallest absolute Gasteiger partial charge is 0.353 e. The summed E-state index contributed by atoms with van der Waals surface area (Å²) in [5, 5.41) is 29.1. The molecule has 1 amide bonds. The minimum atomic E-state index is -1.08. The molecule has 12 heteroatoms. The molecule has 0 aliphatic carbocycles. The van der Waals surface area contributed by atoms with E-state index in [1.165, 1.54) is 4.90 Å². The van der Waals surface area contributed by atoms with Gasteiger partial charge in [0.2, 0.25) is 5.91 Å². The molecule has 3 aliphatic rings. The van der Waals surface area contributed by atoms with Gasteiger partial charge in [-0.25, -0.2) is 9.78 Å². The molecular formula is C22H26N4O5S3. The lowest BCUT2D eigenvalue weighted by molar-refractivity contribution is -0.163. The van der Waals surface area contributed by atoms with Crippen LogP contribution in [0.4, 0.5) is 5.13 Å². The second-order valence-electron chi connectivity index (χ2n) is 8.69. The van der Waals surface area contributed by atoms with Gasteiger partial charge in [-0.15, -0.1) is 34.4 Å². The zero-order valence-electron chi connectivity index (χ0n) is 18.7. The van der Waals surface area contributed by atoms with Crippen molar-refractivity contribution in [3.63, 3.8) is 0 Å². The lowest BCUT2D eigenvalue weighted by Gasteiger charge is -2.46. The molecule has 3 aliphatic heterocycles. The fourth-order valence-electron chi connectivity index (χ4n) is 4.70. The van der Waals surface area contributed by atoms with Crippen LogP contribution in [-0.4, -0.2) is 69.2 Å². The first kappa shape index (κ1) is 23.6. The molecule has 2 aromatic rings. The Kier molecular flexibility index (Phi) is 6.60. The number of carbonyl (C=O) groups is 2. The van der Waals surface area contributed by atoms with Crippen molar-refractivity contribution in [2.24, 2.45) is 11.8 Å². The number of fused-ring (bicyclic) bond motifs is 1. The second kappa shape index (κ2) is 9.50. The molecule has 5 rings (SSSR count). The Bertz CT molecular complexity index is 1100. The number of β-lactam (4-membered cyclic amide) rings is 1. The van der Waals surface area contributed by atoms with E-state index in [0.29, 0.717) is 13.3 Å². The highest BCUT2D eigenvalue weighted by molar-refractivity contribution is 8.03. The van der Waals surface area contributed by atoms with Crippen molar-refractivity contribution in [2.45, 2.75) is 37.8 Å². The van der Waals surface area contributed by atoms with Gasteiger partial charge in [-0.1, -0.05) is 6.92 Å². The van der Waals surface area contributed by atoms with Crippen LogP contribution in [0.5, 0.6) is 5.06 Å². The number of thioether (sulfide) groups is 1. The van der Waals surface area contributed by atoms with Crippen molar-refractivity contribution in [1.29, 1.82) is 0 Å². The maximum Gasteiger partial charge on any atom is 0.353 e. The van der Waals surface area contributed by atoms with Crippen molar-refractivity contribution < 1.29 is 24.5 Å². The number of aliphatic carboxylic acids is 1. The number of nitrogens with zero attached hydrogens (tertiary/aromatic N) is 3. The van der Waals surface area contributed by atoms with Gasteiger partial charge in [-0.2, -0.15) is 0 Å². The summed E-state index contributed by atoms with van der Waals surface area (Å²) in [4.78, 5) is 33.5. The summed E-state index contributed by atoms with van der Waals surface area (Å²) in [7, 11) is 0. The predicted molar refractivity (Wildman–Crippen MR) is 132 cm³/mol. The number of thiophene rings is 1. The highest BCUT2D eigenvalue weighted by Gasteiger charge is 2.60. The molecule has 2 aromatic heterocycles. The van der Waals surface area contributed by atoms with Gasteiger partial charge >= 0.3 is 5.97 Å². The number of thiazole rings is 1. The first-order chi connectivity index (χ1) is 16.3. The Labute approximate surface area is 209 Å². The Morgan fingerprint density at radius 1 is 1.41 bits per heavy atom. The monoisotopic (exact) mass is 522 g/mol. The van der Waals surface area contributed by atoms with E-state index in [1.54, 1.807) is 41.4 Å². The molecule has 0 unspecified atom stereocenters. The van der Waals surface area contributed by atoms with Gasteiger partial charge < -0.3 is 24.7 Å². The van der Waals surface area contributed by atoms with Crippen molar-refractivity contribution in [3.05, 3.63) is 39.2 Å². The summed E-state index contributed by atoms with van der Waals surface area (Å²) >= 11 is 4.70. The lowest BCUT2D eigenvalue weighted by Crippen LogP contribution is -2.63. The minimum absolute atomic E-state index is 0.0928. The summed E-state index contributed by atoms with van der Waals surface area (Å²) in [5.74, 6) is -2.00. The van der Waals surface area contributed by atoms with Crippen molar-refractivity contribution in [3.8, 4) is 5.06 Å². The van der Waals surface area contributed by atoms with E-state index in [-0.39, 0.29) is 28.8 Å². The number of carboxylic acids is 1. The van der Waals surface area contributed by atoms with Crippen LogP contribution in [0.3, 0.4) is 0 Å². The number of anilines is 1. The minimum Gasteiger partial charge on any atom is -0.477 e. The van der Waals surface area contributed by atoms with Crippen LogP contribution in [0, 0.1) is 11.8 Å². The van der Waals surface area contributed by atoms with Crippen molar-refractivity contribution in [1.82, 2.24) is 15.2 Å². The Morgan fingerprint density at radius 3 is 2.88 bits per heavy atom. The summed E-state index contributed by atoms with van der Waals surface area (Å²) < 4.78 is 5.60. The van der Waals surface area contributed by atoms with E-state index in [0.717, 1.165) is 33.9 Å². The number of carbonyl (C=O) groups excluding carboxylic acids is 1. The molecule has 4 atom stereocenters. The van der Waals surface area contributed by atoms with Crippen molar-refractivity contribution in [2.75, 3.05) is 24.7 Å². The molecule has 182 valence electrons. The van der Waals surface area contributed by atoms with Gasteiger partial charge in [0.1, 0.15) is 12.4 Å². The summed E-state index contributed by atoms with van der Waals surface area (Å²) in [6.07, 6.45) is -0.786. The molecule has 0 radical (unpaired) electrons. The Balaban J connectivity index is 1.14. The van der Waals surface area contributed by atoms with Crippen LogP contribution in [0.15, 0.2) is 33.5 Å². The fourth-order valence-corrected chi connectivity index (χ4v) is 7.64. The second-order valence-corrected chi connectivity index (χ2v) is 11.8. The average Bonchev–Trinajstić information content (AvgIpc) is 3.47. The molecule has 0 spiro atoms. The van der Waals surface area contributed by atoms with Gasteiger partial charge in [-0.05, 0) is 24.4 Å². The third-order valence-electron chi connectivity index (χ3n) is 6.38. The summed E-state index contributed by atoms with van der Waals surface area (Å²) in [6.45, 7) is 6.14. The zero-order valence-corrected chi connectivity index (χ0v) is 21.2. The van der Waals surface area contributed by atoms with E-state index in [9.17, 15) is 19.8 Å². The zero-order chi connectivity index (χ0) is 24.0. The first-order valence-corrected chi connectivity index (χ1v) is 13.7. The normalized spacial score (nSPS) is 25.3. The first-order valence-electron chi connectivity index (χ1n) is 11.1. The average molecular weight is 523 g/mol. The largest absolute Gasteiger partial charge is 0.477 e. The molecule has 3 N–H and O–H groups in total.